The van der Waals surface area contributed by atoms with Gasteiger partial charge in [-0.15, -0.1) is 0 Å². The molecule has 0 bridgehead atoms. The zero-order valence-electron chi connectivity index (χ0n) is 9.32. The van der Waals surface area contributed by atoms with E-state index in [1.165, 1.54) is 0 Å². The Bertz CT molecular complexity index is 490. The molecule has 1 N–H and O–H groups in total. The SMILES string of the molecule is O=C(O)CN(CC(F)(F)F)C(=O)c1cccnc1F. The summed E-state index contributed by atoms with van der Waals surface area (Å²) in [5, 5.41) is 8.48. The Labute approximate surface area is 104 Å². The minimum Gasteiger partial charge on any atom is -0.480 e. The lowest BCUT2D eigenvalue weighted by Gasteiger charge is -2.22. The first-order valence-corrected chi connectivity index (χ1v) is 4.89. The number of amides is 1. The van der Waals surface area contributed by atoms with Crippen LogP contribution in [0, 0.1) is 5.95 Å². The number of hydrogen-bond acceptors (Lipinski definition) is 3. The van der Waals surface area contributed by atoms with Crippen molar-refractivity contribution in [2.45, 2.75) is 6.18 Å². The number of carbonyl (C=O) groups excluding carboxylic acids is 1. The number of pyridine rings is 1. The Morgan fingerprint density at radius 3 is 2.47 bits per heavy atom. The zero-order chi connectivity index (χ0) is 14.6. The molecule has 5 nitrogen and oxygen atoms in total. The Morgan fingerprint density at radius 2 is 2.00 bits per heavy atom. The van der Waals surface area contributed by atoms with E-state index in [9.17, 15) is 27.2 Å². The largest absolute Gasteiger partial charge is 0.480 e. The predicted molar refractivity (Wildman–Crippen MR) is 53.8 cm³/mol. The van der Waals surface area contributed by atoms with Crippen LogP contribution >= 0.6 is 0 Å². The lowest BCUT2D eigenvalue weighted by Crippen LogP contribution is -2.42. The summed E-state index contributed by atoms with van der Waals surface area (Å²) in [5.74, 6) is -4.28. The van der Waals surface area contributed by atoms with Crippen molar-refractivity contribution in [1.82, 2.24) is 9.88 Å². The number of aliphatic carboxylic acids is 1. The number of carbonyl (C=O) groups is 2. The molecule has 0 spiro atoms. The molecule has 0 aliphatic carbocycles. The summed E-state index contributed by atoms with van der Waals surface area (Å²) in [5.41, 5.74) is -0.715. The van der Waals surface area contributed by atoms with Gasteiger partial charge in [0.05, 0.1) is 5.56 Å². The van der Waals surface area contributed by atoms with Crippen molar-refractivity contribution < 1.29 is 32.3 Å². The lowest BCUT2D eigenvalue weighted by molar-refractivity contribution is -0.149. The van der Waals surface area contributed by atoms with Crippen molar-refractivity contribution in [2.24, 2.45) is 0 Å². The van der Waals surface area contributed by atoms with E-state index in [4.69, 9.17) is 5.11 Å². The highest BCUT2D eigenvalue weighted by atomic mass is 19.4. The van der Waals surface area contributed by atoms with Crippen molar-refractivity contribution in [2.75, 3.05) is 13.1 Å². The van der Waals surface area contributed by atoms with E-state index in [0.717, 1.165) is 18.3 Å². The number of rotatable bonds is 4. The van der Waals surface area contributed by atoms with E-state index >= 15 is 0 Å². The van der Waals surface area contributed by atoms with E-state index in [2.05, 4.69) is 4.98 Å². The number of nitrogens with zero attached hydrogens (tertiary/aromatic N) is 2. The average Bonchev–Trinajstić information content (AvgIpc) is 2.25. The topological polar surface area (TPSA) is 70.5 Å². The summed E-state index contributed by atoms with van der Waals surface area (Å²) >= 11 is 0. The lowest BCUT2D eigenvalue weighted by atomic mass is 10.2. The summed E-state index contributed by atoms with van der Waals surface area (Å²) in [6.45, 7) is -2.97. The van der Waals surface area contributed by atoms with Crippen molar-refractivity contribution >= 4 is 11.9 Å². The zero-order valence-corrected chi connectivity index (χ0v) is 9.32. The van der Waals surface area contributed by atoms with Crippen LogP contribution in [0.2, 0.25) is 0 Å². The summed E-state index contributed by atoms with van der Waals surface area (Å²) in [6, 6.07) is 2.08. The molecule has 0 radical (unpaired) electrons. The second-order valence-electron chi connectivity index (χ2n) is 3.51. The standard InChI is InChI=1S/C10H8F4N2O3/c11-8-6(2-1-3-15-8)9(19)16(4-7(17)18)5-10(12,13)14/h1-3H,4-5H2,(H,17,18). The van der Waals surface area contributed by atoms with Crippen LogP contribution in [-0.2, 0) is 4.79 Å². The highest BCUT2D eigenvalue weighted by Crippen LogP contribution is 2.18. The molecule has 9 heteroatoms. The van der Waals surface area contributed by atoms with Crippen LogP contribution < -0.4 is 0 Å². The van der Waals surface area contributed by atoms with E-state index < -0.39 is 42.7 Å². The van der Waals surface area contributed by atoms with Crippen LogP contribution in [0.5, 0.6) is 0 Å². The first kappa shape index (κ1) is 14.9. The van der Waals surface area contributed by atoms with Gasteiger partial charge in [-0.1, -0.05) is 0 Å². The van der Waals surface area contributed by atoms with Gasteiger partial charge in [0.2, 0.25) is 5.95 Å². The maximum Gasteiger partial charge on any atom is 0.406 e. The smallest absolute Gasteiger partial charge is 0.406 e. The molecule has 0 aliphatic heterocycles. The third-order valence-electron chi connectivity index (χ3n) is 1.97. The summed E-state index contributed by atoms with van der Waals surface area (Å²) in [4.78, 5) is 25.2. The molecule has 104 valence electrons. The number of hydrogen-bond donors (Lipinski definition) is 1. The van der Waals surface area contributed by atoms with Crippen LogP contribution in [0.25, 0.3) is 0 Å². The minimum atomic E-state index is -4.79. The molecule has 0 aromatic carbocycles. The van der Waals surface area contributed by atoms with Gasteiger partial charge in [0.15, 0.2) is 0 Å². The number of carboxylic acid groups (broad SMARTS) is 1. The average molecular weight is 280 g/mol. The molecule has 1 aromatic heterocycles. The molecule has 0 aliphatic rings. The van der Waals surface area contributed by atoms with Gasteiger partial charge in [0.1, 0.15) is 13.1 Å². The first-order chi connectivity index (χ1) is 8.70. The Kier molecular flexibility index (Phi) is 4.41. The van der Waals surface area contributed by atoms with Crippen molar-refractivity contribution in [3.05, 3.63) is 29.8 Å². The van der Waals surface area contributed by atoms with Gasteiger partial charge in [0.25, 0.3) is 5.91 Å². The summed E-state index contributed by atoms with van der Waals surface area (Å²) in [7, 11) is 0. The third kappa shape index (κ3) is 4.53. The quantitative estimate of drug-likeness (QED) is 0.667. The maximum absolute atomic E-state index is 13.2. The highest BCUT2D eigenvalue weighted by Gasteiger charge is 2.35. The molecule has 1 aromatic rings. The van der Waals surface area contributed by atoms with E-state index in [1.807, 2.05) is 0 Å². The fraction of sp³-hybridized carbons (Fsp3) is 0.300. The molecular weight excluding hydrogens is 272 g/mol. The first-order valence-electron chi connectivity index (χ1n) is 4.89. The van der Waals surface area contributed by atoms with E-state index in [1.54, 1.807) is 0 Å². The molecule has 1 heterocycles. The molecule has 1 rings (SSSR count). The Balaban J connectivity index is 3.01. The van der Waals surface area contributed by atoms with Crippen molar-refractivity contribution in [1.29, 1.82) is 0 Å². The molecule has 1 amide bonds. The van der Waals surface area contributed by atoms with Gasteiger partial charge >= 0.3 is 12.1 Å². The fourth-order valence-corrected chi connectivity index (χ4v) is 1.30. The van der Waals surface area contributed by atoms with Crippen LogP contribution in [0.15, 0.2) is 18.3 Å². The molecule has 0 saturated heterocycles. The number of carboxylic acids is 1. The number of halogens is 4. The van der Waals surface area contributed by atoms with Gasteiger partial charge in [-0.3, -0.25) is 9.59 Å². The molecule has 0 fully saturated rings. The Hall–Kier alpha value is -2.19. The Morgan fingerprint density at radius 1 is 1.37 bits per heavy atom. The van der Waals surface area contributed by atoms with Gasteiger partial charge in [0, 0.05) is 6.20 Å². The normalized spacial score (nSPS) is 11.2. The minimum absolute atomic E-state index is 0.0115. The monoisotopic (exact) mass is 280 g/mol. The maximum atomic E-state index is 13.2. The van der Waals surface area contributed by atoms with E-state index in [-0.39, 0.29) is 4.90 Å². The second kappa shape index (κ2) is 5.63. The fourth-order valence-electron chi connectivity index (χ4n) is 1.30. The van der Waals surface area contributed by atoms with Crippen LogP contribution in [0.4, 0.5) is 17.6 Å². The van der Waals surface area contributed by atoms with Gasteiger partial charge in [-0.05, 0) is 12.1 Å². The molecular formula is C10H8F4N2O3. The van der Waals surface area contributed by atoms with Gasteiger partial charge in [-0.2, -0.15) is 17.6 Å². The molecule has 19 heavy (non-hydrogen) atoms. The van der Waals surface area contributed by atoms with E-state index in [0.29, 0.717) is 0 Å². The molecule has 0 atom stereocenters. The van der Waals surface area contributed by atoms with Crippen molar-refractivity contribution in [3.8, 4) is 0 Å². The second-order valence-corrected chi connectivity index (χ2v) is 3.51. The van der Waals surface area contributed by atoms with Crippen LogP contribution in [0.1, 0.15) is 10.4 Å². The number of alkyl halides is 3. The van der Waals surface area contributed by atoms with Gasteiger partial charge < -0.3 is 10.0 Å². The van der Waals surface area contributed by atoms with Crippen LogP contribution in [0.3, 0.4) is 0 Å². The highest BCUT2D eigenvalue weighted by molar-refractivity contribution is 5.95. The summed E-state index contributed by atoms with van der Waals surface area (Å²) < 4.78 is 49.9. The molecule has 0 unspecified atom stereocenters. The summed E-state index contributed by atoms with van der Waals surface area (Å²) in [6.07, 6.45) is -3.78. The van der Waals surface area contributed by atoms with Gasteiger partial charge in [-0.25, -0.2) is 4.98 Å². The predicted octanol–water partition coefficient (Wildman–Crippen LogP) is 1.31. The number of aromatic nitrogens is 1. The third-order valence-corrected chi connectivity index (χ3v) is 1.97. The van der Waals surface area contributed by atoms with Crippen molar-refractivity contribution in [3.63, 3.8) is 0 Å². The van der Waals surface area contributed by atoms with Crippen LogP contribution in [-0.4, -0.2) is 46.1 Å². The molecule has 0 saturated carbocycles.